The fourth-order valence-electron chi connectivity index (χ4n) is 1.49. The minimum Gasteiger partial charge on any atom is -0.396 e. The minimum absolute atomic E-state index is 0.0115. The summed E-state index contributed by atoms with van der Waals surface area (Å²) in [6.45, 7) is 2.08. The molecule has 5 nitrogen and oxygen atoms in total. The maximum Gasteiger partial charge on any atom is 0.327 e. The molecule has 18 heavy (non-hydrogen) atoms. The Hall–Kier alpha value is -1.76. The van der Waals surface area contributed by atoms with Crippen LogP contribution in [0.4, 0.5) is 20.2 Å². The van der Waals surface area contributed by atoms with E-state index in [0.717, 1.165) is 6.07 Å². The molecular weight excluding hydrogens is 246 g/mol. The van der Waals surface area contributed by atoms with Crippen molar-refractivity contribution in [2.24, 2.45) is 5.92 Å². The van der Waals surface area contributed by atoms with Crippen molar-refractivity contribution in [2.75, 3.05) is 18.5 Å². The van der Waals surface area contributed by atoms with E-state index in [-0.39, 0.29) is 24.8 Å². The zero-order valence-electron chi connectivity index (χ0n) is 9.82. The summed E-state index contributed by atoms with van der Waals surface area (Å²) in [4.78, 5) is 9.79. The molecule has 100 valence electrons. The van der Waals surface area contributed by atoms with Crippen molar-refractivity contribution >= 4 is 11.4 Å². The van der Waals surface area contributed by atoms with Gasteiger partial charge in [0, 0.05) is 25.3 Å². The summed E-state index contributed by atoms with van der Waals surface area (Å²) in [6.07, 6.45) is 0.499. The van der Waals surface area contributed by atoms with Crippen molar-refractivity contribution in [3.8, 4) is 0 Å². The van der Waals surface area contributed by atoms with Crippen LogP contribution in [0.15, 0.2) is 12.1 Å². The summed E-state index contributed by atoms with van der Waals surface area (Å²) in [5.74, 6) is -2.06. The molecule has 1 aromatic carbocycles. The first-order valence-electron chi connectivity index (χ1n) is 5.44. The van der Waals surface area contributed by atoms with E-state index in [2.05, 4.69) is 5.32 Å². The Morgan fingerprint density at radius 1 is 1.50 bits per heavy atom. The van der Waals surface area contributed by atoms with Gasteiger partial charge < -0.3 is 10.4 Å². The van der Waals surface area contributed by atoms with Gasteiger partial charge in [0.2, 0.25) is 5.82 Å². The Morgan fingerprint density at radius 2 is 2.17 bits per heavy atom. The minimum atomic E-state index is -1.21. The predicted octanol–water partition coefficient (Wildman–Crippen LogP) is 2.30. The number of nitro benzene ring substituents is 1. The van der Waals surface area contributed by atoms with E-state index in [4.69, 9.17) is 5.11 Å². The van der Waals surface area contributed by atoms with Gasteiger partial charge in [-0.15, -0.1) is 0 Å². The smallest absolute Gasteiger partial charge is 0.327 e. The molecule has 1 unspecified atom stereocenters. The molecule has 0 bridgehead atoms. The molecule has 0 fully saturated rings. The number of aliphatic hydroxyl groups is 1. The van der Waals surface area contributed by atoms with Crippen LogP contribution in [0.25, 0.3) is 0 Å². The Balaban J connectivity index is 2.90. The monoisotopic (exact) mass is 260 g/mol. The number of anilines is 1. The van der Waals surface area contributed by atoms with Crippen molar-refractivity contribution in [2.45, 2.75) is 13.3 Å². The number of nitrogens with one attached hydrogen (secondary N) is 1. The van der Waals surface area contributed by atoms with E-state index in [1.165, 1.54) is 0 Å². The molecule has 0 aliphatic rings. The lowest BCUT2D eigenvalue weighted by atomic mass is 10.1. The molecule has 0 amide bonds. The summed E-state index contributed by atoms with van der Waals surface area (Å²) in [6, 6.07) is 1.35. The molecule has 0 radical (unpaired) electrons. The van der Waals surface area contributed by atoms with E-state index in [0.29, 0.717) is 12.5 Å². The van der Waals surface area contributed by atoms with E-state index >= 15 is 0 Å². The highest BCUT2D eigenvalue weighted by Gasteiger charge is 2.22. The van der Waals surface area contributed by atoms with Crippen molar-refractivity contribution in [3.05, 3.63) is 33.9 Å². The maximum atomic E-state index is 13.3. The molecule has 0 aliphatic carbocycles. The molecule has 1 rings (SSSR count). The lowest BCUT2D eigenvalue weighted by Crippen LogP contribution is -2.14. The fraction of sp³-hybridized carbons (Fsp3) is 0.455. The summed E-state index contributed by atoms with van der Waals surface area (Å²) in [5.41, 5.74) is -0.963. The highest BCUT2D eigenvalue weighted by atomic mass is 19.1. The summed E-state index contributed by atoms with van der Waals surface area (Å²) in [5, 5.41) is 22.0. The van der Waals surface area contributed by atoms with Crippen LogP contribution in [0.5, 0.6) is 0 Å². The van der Waals surface area contributed by atoms with E-state index in [1.807, 2.05) is 6.92 Å². The molecule has 1 aromatic rings. The largest absolute Gasteiger partial charge is 0.396 e. The third-order valence-corrected chi connectivity index (χ3v) is 2.47. The number of halogens is 2. The van der Waals surface area contributed by atoms with Crippen molar-refractivity contribution in [1.82, 2.24) is 0 Å². The van der Waals surface area contributed by atoms with Crippen LogP contribution in [0.2, 0.25) is 0 Å². The van der Waals surface area contributed by atoms with Gasteiger partial charge in [0.15, 0.2) is 0 Å². The Morgan fingerprint density at radius 3 is 2.72 bits per heavy atom. The van der Waals surface area contributed by atoms with E-state index in [9.17, 15) is 18.9 Å². The molecule has 0 saturated carbocycles. The molecule has 0 aromatic heterocycles. The van der Waals surface area contributed by atoms with Gasteiger partial charge in [-0.25, -0.2) is 4.39 Å². The molecule has 7 heteroatoms. The topological polar surface area (TPSA) is 75.4 Å². The van der Waals surface area contributed by atoms with E-state index < -0.39 is 22.2 Å². The Bertz CT molecular complexity index is 441. The molecular formula is C11H14F2N2O3. The normalized spacial score (nSPS) is 12.2. The number of rotatable bonds is 6. The van der Waals surface area contributed by atoms with Crippen molar-refractivity contribution in [1.29, 1.82) is 0 Å². The van der Waals surface area contributed by atoms with Gasteiger partial charge in [0.05, 0.1) is 4.92 Å². The molecule has 0 heterocycles. The summed E-state index contributed by atoms with van der Waals surface area (Å²) in [7, 11) is 0. The zero-order chi connectivity index (χ0) is 13.7. The van der Waals surface area contributed by atoms with Gasteiger partial charge in [-0.1, -0.05) is 6.92 Å². The lowest BCUT2D eigenvalue weighted by Gasteiger charge is -2.12. The Labute approximate surface area is 103 Å². The summed E-state index contributed by atoms with van der Waals surface area (Å²) >= 11 is 0. The van der Waals surface area contributed by atoms with Gasteiger partial charge in [-0.3, -0.25) is 10.1 Å². The van der Waals surface area contributed by atoms with Gasteiger partial charge in [-0.05, 0) is 12.3 Å². The van der Waals surface area contributed by atoms with Gasteiger partial charge in [-0.2, -0.15) is 4.39 Å². The number of nitro groups is 1. The number of hydrogen-bond donors (Lipinski definition) is 2. The summed E-state index contributed by atoms with van der Waals surface area (Å²) < 4.78 is 26.3. The average molecular weight is 260 g/mol. The van der Waals surface area contributed by atoms with Crippen LogP contribution in [0.1, 0.15) is 13.3 Å². The second kappa shape index (κ2) is 6.25. The van der Waals surface area contributed by atoms with Crippen LogP contribution in [0.3, 0.4) is 0 Å². The highest BCUT2D eigenvalue weighted by molar-refractivity contribution is 5.62. The SMILES string of the molecule is CC(CCO)CNc1cc(F)cc(F)c1[N+](=O)[O-]. The second-order valence-corrected chi connectivity index (χ2v) is 4.04. The van der Waals surface area contributed by atoms with Gasteiger partial charge >= 0.3 is 5.69 Å². The van der Waals surface area contributed by atoms with Crippen LogP contribution in [-0.2, 0) is 0 Å². The highest BCUT2D eigenvalue weighted by Crippen LogP contribution is 2.28. The van der Waals surface area contributed by atoms with E-state index in [1.54, 1.807) is 0 Å². The number of nitrogens with zero attached hydrogens (tertiary/aromatic N) is 1. The van der Waals surface area contributed by atoms with Crippen LogP contribution in [-0.4, -0.2) is 23.2 Å². The van der Waals surface area contributed by atoms with Crippen LogP contribution < -0.4 is 5.32 Å². The van der Waals surface area contributed by atoms with Crippen molar-refractivity contribution < 1.29 is 18.8 Å². The first-order chi connectivity index (χ1) is 8.45. The fourth-order valence-corrected chi connectivity index (χ4v) is 1.49. The number of hydrogen-bond acceptors (Lipinski definition) is 4. The van der Waals surface area contributed by atoms with Gasteiger partial charge in [0.25, 0.3) is 0 Å². The third-order valence-electron chi connectivity index (χ3n) is 2.47. The zero-order valence-corrected chi connectivity index (χ0v) is 9.82. The van der Waals surface area contributed by atoms with Gasteiger partial charge in [0.1, 0.15) is 11.5 Å². The van der Waals surface area contributed by atoms with Crippen LogP contribution >= 0.6 is 0 Å². The maximum absolute atomic E-state index is 13.3. The second-order valence-electron chi connectivity index (χ2n) is 4.04. The molecule has 0 saturated heterocycles. The van der Waals surface area contributed by atoms with Crippen molar-refractivity contribution in [3.63, 3.8) is 0 Å². The molecule has 0 aliphatic heterocycles. The Kier molecular flexibility index (Phi) is 4.96. The number of benzene rings is 1. The third kappa shape index (κ3) is 3.63. The first kappa shape index (κ1) is 14.3. The lowest BCUT2D eigenvalue weighted by molar-refractivity contribution is -0.386. The van der Waals surface area contributed by atoms with Crippen LogP contribution in [0, 0.1) is 27.7 Å². The first-order valence-corrected chi connectivity index (χ1v) is 5.44. The predicted molar refractivity (Wildman–Crippen MR) is 62.4 cm³/mol. The quantitative estimate of drug-likeness (QED) is 0.608. The standard InChI is InChI=1S/C11H14F2N2O3/c1-7(2-3-16)6-14-10-5-8(12)4-9(13)11(10)15(17)18/h4-5,7,14,16H,2-3,6H2,1H3. The molecule has 2 N–H and O–H groups in total. The average Bonchev–Trinajstić information content (AvgIpc) is 2.25. The molecule has 1 atom stereocenters. The number of aliphatic hydroxyl groups excluding tert-OH is 1. The molecule has 0 spiro atoms.